The zero-order chi connectivity index (χ0) is 63.8. The molecule has 0 radical (unpaired) electrons. The van der Waals surface area contributed by atoms with Crippen molar-refractivity contribution in [2.24, 2.45) is 0 Å². The summed E-state index contributed by atoms with van der Waals surface area (Å²) in [6.07, 6.45) is 0. The van der Waals surface area contributed by atoms with Crippen LogP contribution in [-0.4, -0.2) is 0 Å². The summed E-state index contributed by atoms with van der Waals surface area (Å²) in [5.74, 6) is 0. The van der Waals surface area contributed by atoms with Crippen LogP contribution in [0.4, 0.5) is 22.7 Å². The summed E-state index contributed by atoms with van der Waals surface area (Å²) in [6.45, 7) is 18.9. The van der Waals surface area contributed by atoms with Gasteiger partial charge in [0.25, 0.3) is 0 Å². The lowest BCUT2D eigenvalue weighted by Gasteiger charge is -2.24. The van der Waals surface area contributed by atoms with Crippen molar-refractivity contribution in [2.45, 2.75) is 77.0 Å². The minimum atomic E-state index is -0.112. The monoisotopic (exact) mass is 1210 g/mol. The highest BCUT2D eigenvalue weighted by Crippen LogP contribution is 2.55. The highest BCUT2D eigenvalue weighted by Gasteiger charge is 2.40. The van der Waals surface area contributed by atoms with Crippen molar-refractivity contribution in [2.75, 3.05) is 10.6 Å². The fraction of sp³-hybridized carbons (Fsp3) is 0.130. The highest BCUT2D eigenvalue weighted by atomic mass is 14.9. The Morgan fingerprint density at radius 2 is 0.383 bits per heavy atom. The summed E-state index contributed by atoms with van der Waals surface area (Å²) in [7, 11) is 0. The molecule has 2 heteroatoms. The SMILES string of the molecule is CC1(C)c2cc(Nc3ccc4c(c3)C(C)(C)c3cc(-c5ccc6ccccc6c5)ccc3-4)ccc2-c2ccc(-c3ccc4ccccc4c3)cc21.CC1(C)c2cc(Nc3ccc4c(c3)C(C)(C)c3cc(-c5ccccc5)ccc3-4)ccc2-c2ccc(-c3ccccc3)cc21. The van der Waals surface area contributed by atoms with Gasteiger partial charge in [0.15, 0.2) is 0 Å². The van der Waals surface area contributed by atoms with Crippen LogP contribution in [0.5, 0.6) is 0 Å². The Hall–Kier alpha value is -10.8. The van der Waals surface area contributed by atoms with Gasteiger partial charge in [-0.1, -0.05) is 262 Å². The van der Waals surface area contributed by atoms with E-state index in [-0.39, 0.29) is 21.7 Å². The van der Waals surface area contributed by atoms with E-state index in [9.17, 15) is 0 Å². The molecule has 0 atom stereocenters. The molecule has 0 saturated heterocycles. The van der Waals surface area contributed by atoms with Crippen LogP contribution >= 0.6 is 0 Å². The maximum atomic E-state index is 3.80. The van der Waals surface area contributed by atoms with Crippen LogP contribution in [0, 0.1) is 0 Å². The molecule has 0 aromatic heterocycles. The molecule has 0 aliphatic heterocycles. The second kappa shape index (κ2) is 21.4. The molecule has 452 valence electrons. The fourth-order valence-electron chi connectivity index (χ4n) is 16.3. The lowest BCUT2D eigenvalue weighted by atomic mass is 9.81. The fourth-order valence-corrected chi connectivity index (χ4v) is 16.3. The Labute approximate surface area is 553 Å². The smallest absolute Gasteiger partial charge is 0.0387 e. The van der Waals surface area contributed by atoms with Crippen molar-refractivity contribution < 1.29 is 0 Å². The zero-order valence-corrected chi connectivity index (χ0v) is 54.7. The predicted octanol–water partition coefficient (Wildman–Crippen LogP) is 25.1. The number of fused-ring (bicyclic) bond motifs is 14. The first-order chi connectivity index (χ1) is 45.5. The average molecular weight is 1210 g/mol. The van der Waals surface area contributed by atoms with Gasteiger partial charge < -0.3 is 10.6 Å². The van der Waals surface area contributed by atoms with E-state index in [4.69, 9.17) is 0 Å². The van der Waals surface area contributed by atoms with Gasteiger partial charge in [-0.3, -0.25) is 0 Å². The molecule has 2 N–H and O–H groups in total. The van der Waals surface area contributed by atoms with Gasteiger partial charge in [-0.25, -0.2) is 0 Å². The Morgan fingerprint density at radius 1 is 0.170 bits per heavy atom. The van der Waals surface area contributed by atoms with Gasteiger partial charge in [-0.15, -0.1) is 0 Å². The van der Waals surface area contributed by atoms with E-state index in [1.54, 1.807) is 0 Å². The Balaban J connectivity index is 0.000000145. The molecule has 14 aromatic carbocycles. The molecule has 4 aliphatic carbocycles. The first-order valence-electron chi connectivity index (χ1n) is 33.4. The normalized spacial score (nSPS) is 14.7. The topological polar surface area (TPSA) is 24.1 Å². The summed E-state index contributed by atoms with van der Waals surface area (Å²) in [5, 5.41) is 12.7. The molecule has 4 aliphatic rings. The summed E-state index contributed by atoms with van der Waals surface area (Å²) in [4.78, 5) is 0. The second-order valence-electron chi connectivity index (χ2n) is 28.7. The van der Waals surface area contributed by atoms with E-state index in [0.717, 1.165) is 22.7 Å². The lowest BCUT2D eigenvalue weighted by Crippen LogP contribution is -2.15. The number of hydrogen-bond donors (Lipinski definition) is 2. The van der Waals surface area contributed by atoms with E-state index >= 15 is 0 Å². The lowest BCUT2D eigenvalue weighted by molar-refractivity contribution is 0.660. The van der Waals surface area contributed by atoms with E-state index in [0.29, 0.717) is 0 Å². The first kappa shape index (κ1) is 57.1. The predicted molar refractivity (Wildman–Crippen MR) is 399 cm³/mol. The molecule has 0 fully saturated rings. The van der Waals surface area contributed by atoms with Crippen molar-refractivity contribution in [3.63, 3.8) is 0 Å². The number of anilines is 4. The van der Waals surface area contributed by atoms with Crippen molar-refractivity contribution >= 4 is 44.3 Å². The van der Waals surface area contributed by atoms with Crippen LogP contribution in [-0.2, 0) is 21.7 Å². The third-order valence-corrected chi connectivity index (χ3v) is 21.7. The van der Waals surface area contributed by atoms with E-state index in [1.165, 1.54) is 155 Å². The molecule has 0 spiro atoms. The van der Waals surface area contributed by atoms with Gasteiger partial charge in [-0.2, -0.15) is 0 Å². The number of nitrogens with one attached hydrogen (secondary N) is 2. The van der Waals surface area contributed by atoms with Crippen molar-refractivity contribution in [3.05, 3.63) is 336 Å². The van der Waals surface area contributed by atoms with E-state index < -0.39 is 0 Å². The summed E-state index contributed by atoms with van der Waals surface area (Å²) >= 11 is 0. The third kappa shape index (κ3) is 9.28. The molecule has 0 bridgehead atoms. The van der Waals surface area contributed by atoms with Crippen molar-refractivity contribution in [3.8, 4) is 89.0 Å². The van der Waals surface area contributed by atoms with Crippen LogP contribution < -0.4 is 10.6 Å². The van der Waals surface area contributed by atoms with Gasteiger partial charge in [0.1, 0.15) is 0 Å². The van der Waals surface area contributed by atoms with Crippen LogP contribution in [0.15, 0.2) is 291 Å². The molecule has 0 heterocycles. The molecule has 18 rings (SSSR count). The largest absolute Gasteiger partial charge is 0.356 e. The minimum Gasteiger partial charge on any atom is -0.356 e. The summed E-state index contributed by atoms with van der Waals surface area (Å²) in [6, 6.07) is 108. The summed E-state index contributed by atoms with van der Waals surface area (Å²) < 4.78 is 0. The Kier molecular flexibility index (Phi) is 13.0. The standard InChI is InChI=1S/C50H39N.C42H35N/c1-49(2)45-27-37(35-15-13-31-9-5-7-11-33(31)25-35)17-21-41(45)43-23-19-39(29-47(43)49)51-40-20-24-44-42-22-18-38(28-46(42)50(3,4)48(44)30-40)36-16-14-32-10-6-8-12-34(32)26-36;1-41(2)37-23-29(27-11-7-5-8-12-27)15-19-33(37)35-21-17-31(25-39(35)41)43-32-18-22-36-34-20-16-30(28-13-9-6-10-14-28)24-38(34)42(3,4)40(36)26-32/h5-30,51H,1-4H3;5-26,43H,1-4H3. The highest BCUT2D eigenvalue weighted by molar-refractivity contribution is 5.93. The van der Waals surface area contributed by atoms with E-state index in [2.05, 4.69) is 357 Å². The van der Waals surface area contributed by atoms with Crippen LogP contribution in [0.3, 0.4) is 0 Å². The van der Waals surface area contributed by atoms with E-state index in [1.807, 2.05) is 0 Å². The Bertz CT molecular complexity index is 5090. The average Bonchev–Trinajstić information content (AvgIpc) is 1.60. The van der Waals surface area contributed by atoms with Gasteiger partial charge in [-0.05, 0) is 240 Å². The number of benzene rings is 14. The molecular weight excluding hydrogens is 1130 g/mol. The molecular formula is C92H74N2. The molecule has 2 nitrogen and oxygen atoms in total. The maximum Gasteiger partial charge on any atom is 0.0387 e. The number of rotatable bonds is 8. The van der Waals surface area contributed by atoms with Gasteiger partial charge >= 0.3 is 0 Å². The molecule has 94 heavy (non-hydrogen) atoms. The first-order valence-corrected chi connectivity index (χ1v) is 33.4. The third-order valence-electron chi connectivity index (χ3n) is 21.7. The quantitative estimate of drug-likeness (QED) is 0.158. The zero-order valence-electron chi connectivity index (χ0n) is 54.7. The molecule has 0 amide bonds. The van der Waals surface area contributed by atoms with Gasteiger partial charge in [0, 0.05) is 44.4 Å². The van der Waals surface area contributed by atoms with Crippen LogP contribution in [0.1, 0.15) is 99.9 Å². The molecule has 0 saturated carbocycles. The maximum absolute atomic E-state index is 3.80. The number of hydrogen-bond acceptors (Lipinski definition) is 2. The molecule has 14 aromatic rings. The summed E-state index contributed by atoms with van der Waals surface area (Å²) in [5.41, 5.74) is 36.0. The Morgan fingerprint density at radius 3 is 0.670 bits per heavy atom. The minimum absolute atomic E-state index is 0.0782. The van der Waals surface area contributed by atoms with Gasteiger partial charge in [0.2, 0.25) is 0 Å². The molecule has 0 unspecified atom stereocenters. The van der Waals surface area contributed by atoms with Crippen LogP contribution in [0.2, 0.25) is 0 Å². The van der Waals surface area contributed by atoms with Gasteiger partial charge in [0.05, 0.1) is 0 Å². The van der Waals surface area contributed by atoms with Crippen molar-refractivity contribution in [1.82, 2.24) is 0 Å². The van der Waals surface area contributed by atoms with Crippen LogP contribution in [0.25, 0.3) is 111 Å². The van der Waals surface area contributed by atoms with Crippen molar-refractivity contribution in [1.29, 1.82) is 0 Å². The second-order valence-corrected chi connectivity index (χ2v) is 28.7.